The monoisotopic (exact) mass is 344 g/mol. The second kappa shape index (κ2) is 10.4. The Morgan fingerprint density at radius 3 is 1.29 bits per heavy atom. The van der Waals surface area contributed by atoms with Crippen LogP contribution in [0.25, 0.3) is 0 Å². The molecule has 0 aromatic carbocycles. The maximum atomic E-state index is 12.5. The molecule has 0 aliphatic carbocycles. The van der Waals surface area contributed by atoms with Gasteiger partial charge >= 0.3 is 23.9 Å². The van der Waals surface area contributed by atoms with Crippen LogP contribution in [0.15, 0.2) is 11.6 Å². The topological polar surface area (TPSA) is 105 Å². The molecular formula is C16H24O8. The summed E-state index contributed by atoms with van der Waals surface area (Å²) in [5, 5.41) is 0. The van der Waals surface area contributed by atoms with E-state index in [0.717, 1.165) is 6.08 Å². The summed E-state index contributed by atoms with van der Waals surface area (Å²) in [6, 6.07) is 0. The van der Waals surface area contributed by atoms with Crippen molar-refractivity contribution in [1.82, 2.24) is 0 Å². The van der Waals surface area contributed by atoms with E-state index < -0.39 is 34.9 Å². The minimum Gasteiger partial charge on any atom is -0.464 e. The lowest BCUT2D eigenvalue weighted by Crippen LogP contribution is -2.52. The van der Waals surface area contributed by atoms with Gasteiger partial charge in [0.25, 0.3) is 5.41 Å². The van der Waals surface area contributed by atoms with Gasteiger partial charge in [0.15, 0.2) is 0 Å². The van der Waals surface area contributed by atoms with Crippen LogP contribution < -0.4 is 0 Å². The number of allylic oxidation sites excluding steroid dienone is 1. The average Bonchev–Trinajstić information content (AvgIpc) is 2.52. The second-order valence-corrected chi connectivity index (χ2v) is 4.33. The molecule has 8 heteroatoms. The number of hydrogen-bond acceptors (Lipinski definition) is 8. The van der Waals surface area contributed by atoms with E-state index in [2.05, 4.69) is 0 Å². The van der Waals surface area contributed by atoms with E-state index in [1.54, 1.807) is 6.92 Å². The van der Waals surface area contributed by atoms with Gasteiger partial charge in [-0.05, 0) is 34.6 Å². The molecule has 0 rings (SSSR count). The van der Waals surface area contributed by atoms with Crippen molar-refractivity contribution < 1.29 is 38.1 Å². The minimum atomic E-state index is -2.68. The molecule has 0 aliphatic rings. The fraction of sp³-hybridized carbons (Fsp3) is 0.625. The van der Waals surface area contributed by atoms with Crippen LogP contribution in [0.1, 0.15) is 34.6 Å². The normalized spacial score (nSPS) is 11.5. The highest BCUT2D eigenvalue weighted by Gasteiger charge is 2.62. The maximum absolute atomic E-state index is 12.5. The first-order valence-electron chi connectivity index (χ1n) is 7.73. The zero-order valence-corrected chi connectivity index (χ0v) is 14.7. The van der Waals surface area contributed by atoms with Gasteiger partial charge in [-0.1, -0.05) is 6.08 Å². The van der Waals surface area contributed by atoms with Crippen molar-refractivity contribution in [3.8, 4) is 0 Å². The third kappa shape index (κ3) is 4.33. The van der Waals surface area contributed by atoms with Crippen LogP contribution in [0.5, 0.6) is 0 Å². The van der Waals surface area contributed by atoms with Gasteiger partial charge in [0.2, 0.25) is 0 Å². The highest BCUT2D eigenvalue weighted by atomic mass is 16.6. The van der Waals surface area contributed by atoms with Gasteiger partial charge in [0, 0.05) is 0 Å². The lowest BCUT2D eigenvalue weighted by atomic mass is 9.79. The fourth-order valence-electron chi connectivity index (χ4n) is 1.99. The molecule has 0 heterocycles. The molecule has 24 heavy (non-hydrogen) atoms. The van der Waals surface area contributed by atoms with Crippen molar-refractivity contribution in [3.63, 3.8) is 0 Å². The van der Waals surface area contributed by atoms with E-state index in [0.29, 0.717) is 0 Å². The van der Waals surface area contributed by atoms with Gasteiger partial charge in [-0.2, -0.15) is 0 Å². The Balaban J connectivity index is 6.45. The summed E-state index contributed by atoms with van der Waals surface area (Å²) in [6.45, 7) is 7.08. The third-order valence-corrected chi connectivity index (χ3v) is 2.93. The van der Waals surface area contributed by atoms with Gasteiger partial charge in [-0.15, -0.1) is 0 Å². The molecule has 0 radical (unpaired) electrons. The summed E-state index contributed by atoms with van der Waals surface area (Å²) in [6.07, 6.45) is 1.14. The molecule has 0 aromatic rings. The van der Waals surface area contributed by atoms with Crippen molar-refractivity contribution in [2.24, 2.45) is 5.41 Å². The first-order valence-corrected chi connectivity index (χ1v) is 7.73. The summed E-state index contributed by atoms with van der Waals surface area (Å²) >= 11 is 0. The number of rotatable bonds is 9. The smallest absolute Gasteiger partial charge is 0.340 e. The zero-order chi connectivity index (χ0) is 18.8. The Labute approximate surface area is 141 Å². The lowest BCUT2D eigenvalue weighted by Gasteiger charge is -2.28. The predicted octanol–water partition coefficient (Wildman–Crippen LogP) is 1.17. The molecule has 0 aromatic heterocycles. The van der Waals surface area contributed by atoms with E-state index in [9.17, 15) is 19.2 Å². The van der Waals surface area contributed by atoms with Crippen LogP contribution >= 0.6 is 0 Å². The molecule has 0 aliphatic heterocycles. The van der Waals surface area contributed by atoms with Crippen molar-refractivity contribution in [3.05, 3.63) is 11.6 Å². The molecule has 0 unspecified atom stereocenters. The largest absolute Gasteiger partial charge is 0.464 e. The van der Waals surface area contributed by atoms with Crippen LogP contribution in [0.3, 0.4) is 0 Å². The summed E-state index contributed by atoms with van der Waals surface area (Å²) < 4.78 is 19.4. The highest BCUT2D eigenvalue weighted by Crippen LogP contribution is 2.34. The summed E-state index contributed by atoms with van der Waals surface area (Å²) in [5.74, 6) is -4.75. The molecule has 0 atom stereocenters. The predicted molar refractivity (Wildman–Crippen MR) is 82.7 cm³/mol. The molecule has 0 spiro atoms. The van der Waals surface area contributed by atoms with E-state index in [1.165, 1.54) is 27.7 Å². The number of esters is 4. The Kier molecular flexibility index (Phi) is 9.37. The molecule has 0 fully saturated rings. The second-order valence-electron chi connectivity index (χ2n) is 4.33. The molecule has 0 saturated carbocycles. The number of ether oxygens (including phenoxy) is 4. The van der Waals surface area contributed by atoms with Gasteiger partial charge < -0.3 is 18.9 Å². The van der Waals surface area contributed by atoms with Crippen molar-refractivity contribution in [2.45, 2.75) is 34.6 Å². The highest BCUT2D eigenvalue weighted by molar-refractivity contribution is 6.25. The summed E-state index contributed by atoms with van der Waals surface area (Å²) in [5.41, 5.74) is -3.18. The Bertz CT molecular complexity index is 461. The van der Waals surface area contributed by atoms with Crippen molar-refractivity contribution in [2.75, 3.05) is 26.4 Å². The van der Waals surface area contributed by atoms with E-state index in [4.69, 9.17) is 18.9 Å². The van der Waals surface area contributed by atoms with Crippen molar-refractivity contribution >= 4 is 23.9 Å². The average molecular weight is 344 g/mol. The number of carbonyl (C=O) groups is 4. The minimum absolute atomic E-state index is 0.0132. The van der Waals surface area contributed by atoms with Crippen LogP contribution in [0.4, 0.5) is 0 Å². The first kappa shape index (κ1) is 21.6. The maximum Gasteiger partial charge on any atom is 0.340 e. The van der Waals surface area contributed by atoms with E-state index in [-0.39, 0.29) is 26.4 Å². The first-order chi connectivity index (χ1) is 11.4. The molecule has 8 nitrogen and oxygen atoms in total. The number of carbonyl (C=O) groups excluding carboxylic acids is 4. The Hall–Kier alpha value is -2.38. The molecular weight excluding hydrogens is 320 g/mol. The standard InChI is InChI=1S/C16H24O8/c1-6-11(12(17)21-7-2)16(13(18)22-8-3,14(19)23-9-4)15(20)24-10-5/h6H,7-10H2,1-5H3. The van der Waals surface area contributed by atoms with Crippen LogP contribution in [0.2, 0.25) is 0 Å². The van der Waals surface area contributed by atoms with Gasteiger partial charge in [0.05, 0.1) is 32.0 Å². The van der Waals surface area contributed by atoms with Gasteiger partial charge in [0.1, 0.15) is 0 Å². The molecule has 0 saturated heterocycles. The molecule has 0 N–H and O–H groups in total. The van der Waals surface area contributed by atoms with E-state index >= 15 is 0 Å². The molecule has 0 bridgehead atoms. The lowest BCUT2D eigenvalue weighted by molar-refractivity contribution is -0.182. The van der Waals surface area contributed by atoms with E-state index in [1.807, 2.05) is 0 Å². The van der Waals surface area contributed by atoms with Gasteiger partial charge in [-0.25, -0.2) is 19.2 Å². The summed E-state index contributed by atoms with van der Waals surface area (Å²) in [7, 11) is 0. The van der Waals surface area contributed by atoms with Crippen LogP contribution in [-0.4, -0.2) is 50.3 Å². The molecule has 0 amide bonds. The van der Waals surface area contributed by atoms with Crippen molar-refractivity contribution in [1.29, 1.82) is 0 Å². The SMILES string of the molecule is CC=C(C(=O)OCC)C(C(=O)OCC)(C(=O)OCC)C(=O)OCC. The van der Waals surface area contributed by atoms with Crippen LogP contribution in [-0.2, 0) is 38.1 Å². The summed E-state index contributed by atoms with van der Waals surface area (Å²) in [4.78, 5) is 49.8. The third-order valence-electron chi connectivity index (χ3n) is 2.93. The van der Waals surface area contributed by atoms with Gasteiger partial charge in [-0.3, -0.25) is 0 Å². The van der Waals surface area contributed by atoms with Crippen LogP contribution in [0, 0.1) is 5.41 Å². The number of hydrogen-bond donors (Lipinski definition) is 0. The fourth-order valence-corrected chi connectivity index (χ4v) is 1.99. The zero-order valence-electron chi connectivity index (χ0n) is 14.7. The Morgan fingerprint density at radius 2 is 1.04 bits per heavy atom. The molecule has 136 valence electrons. The quantitative estimate of drug-likeness (QED) is 0.266. The Morgan fingerprint density at radius 1 is 0.708 bits per heavy atom.